The van der Waals surface area contributed by atoms with Crippen molar-refractivity contribution in [3.63, 3.8) is 0 Å². The number of imide groups is 1. The number of carbonyl (C=O) groups excluding carboxylic acids is 2. The highest BCUT2D eigenvalue weighted by Gasteiger charge is 2.34. The summed E-state index contributed by atoms with van der Waals surface area (Å²) in [5.74, 6) is -1.40. The Morgan fingerprint density at radius 1 is 1.13 bits per heavy atom. The zero-order valence-corrected chi connectivity index (χ0v) is 8.19. The lowest BCUT2D eigenvalue weighted by atomic mass is 10.1. The number of nitrogens with one attached hydrogen (secondary N) is 1. The zero-order valence-electron chi connectivity index (χ0n) is 7.30. The molecule has 2 rings (SSSR count). The summed E-state index contributed by atoms with van der Waals surface area (Å²) >= 11 is 0. The molecule has 0 aliphatic carbocycles. The molecule has 1 aromatic carbocycles. The van der Waals surface area contributed by atoms with Gasteiger partial charge in [0.2, 0.25) is 0 Å². The van der Waals surface area contributed by atoms with Crippen LogP contribution in [-0.2, 0) is 4.57 Å². The highest BCUT2D eigenvalue weighted by Crippen LogP contribution is 2.36. The Morgan fingerprint density at radius 3 is 2.40 bits per heavy atom. The van der Waals surface area contributed by atoms with Gasteiger partial charge in [-0.2, -0.15) is 0 Å². The maximum absolute atomic E-state index is 11.3. The molecule has 0 atom stereocenters. The molecule has 1 aromatic rings. The van der Waals surface area contributed by atoms with Crippen molar-refractivity contribution in [2.24, 2.45) is 0 Å². The Balaban J connectivity index is 2.77. The predicted octanol–water partition coefficient (Wildman–Crippen LogP) is -0.627. The topological polar surface area (TPSA) is 104 Å². The average molecular weight is 227 g/mol. The molecule has 15 heavy (non-hydrogen) atoms. The molecule has 78 valence electrons. The first-order chi connectivity index (χ1) is 6.91. The van der Waals surface area contributed by atoms with Crippen molar-refractivity contribution in [2.45, 2.75) is 0 Å². The fourth-order valence-corrected chi connectivity index (χ4v) is 2.24. The van der Waals surface area contributed by atoms with E-state index in [0.717, 1.165) is 6.07 Å². The first kappa shape index (κ1) is 10.0. The Morgan fingerprint density at radius 2 is 1.80 bits per heavy atom. The third-order valence-corrected chi connectivity index (χ3v) is 3.06. The molecule has 0 saturated heterocycles. The van der Waals surface area contributed by atoms with Crippen LogP contribution in [0.15, 0.2) is 18.2 Å². The van der Waals surface area contributed by atoms with Gasteiger partial charge in [0, 0.05) is 0 Å². The van der Waals surface area contributed by atoms with Crippen LogP contribution < -0.4 is 10.6 Å². The van der Waals surface area contributed by atoms with E-state index in [0.29, 0.717) is 0 Å². The van der Waals surface area contributed by atoms with Crippen molar-refractivity contribution in [3.05, 3.63) is 29.3 Å². The van der Waals surface area contributed by atoms with Gasteiger partial charge in [0.15, 0.2) is 0 Å². The van der Waals surface area contributed by atoms with Gasteiger partial charge in [0.25, 0.3) is 11.8 Å². The maximum Gasteiger partial charge on any atom is 0.357 e. The van der Waals surface area contributed by atoms with E-state index >= 15 is 0 Å². The Hall–Kier alpha value is -1.49. The molecule has 0 radical (unpaired) electrons. The van der Waals surface area contributed by atoms with Gasteiger partial charge in [-0.1, -0.05) is 6.07 Å². The second-order valence-corrected chi connectivity index (χ2v) is 4.60. The summed E-state index contributed by atoms with van der Waals surface area (Å²) < 4.78 is 11.0. The first-order valence-corrected chi connectivity index (χ1v) is 5.57. The minimum atomic E-state index is -4.54. The average Bonchev–Trinajstić information content (AvgIpc) is 2.41. The third kappa shape index (κ3) is 1.48. The van der Waals surface area contributed by atoms with Crippen LogP contribution in [0, 0.1) is 0 Å². The molecule has 6 nitrogen and oxygen atoms in total. The van der Waals surface area contributed by atoms with Crippen LogP contribution in [0.4, 0.5) is 0 Å². The highest BCUT2D eigenvalue weighted by atomic mass is 31.2. The fourth-order valence-electron chi connectivity index (χ4n) is 1.44. The molecule has 2 amide bonds. The standard InChI is InChI=1S/C8H6NO5P/c10-7-4-2-1-3-5(15(12,13)14)6(4)8(11)9-7/h1-3H,(H,9,10,11)(H2,12,13,14). The van der Waals surface area contributed by atoms with Gasteiger partial charge in [-0.05, 0) is 12.1 Å². The molecule has 0 saturated carbocycles. The van der Waals surface area contributed by atoms with Crippen LogP contribution in [0.3, 0.4) is 0 Å². The highest BCUT2D eigenvalue weighted by molar-refractivity contribution is 7.60. The van der Waals surface area contributed by atoms with Crippen LogP contribution >= 0.6 is 7.60 Å². The monoisotopic (exact) mass is 227 g/mol. The van der Waals surface area contributed by atoms with E-state index in [1.54, 1.807) is 0 Å². The number of fused-ring (bicyclic) bond motifs is 1. The van der Waals surface area contributed by atoms with Crippen molar-refractivity contribution in [2.75, 3.05) is 0 Å². The number of rotatable bonds is 1. The molecule has 0 bridgehead atoms. The lowest BCUT2D eigenvalue weighted by molar-refractivity contribution is 0.0879. The number of hydrogen-bond donors (Lipinski definition) is 3. The van der Waals surface area contributed by atoms with Gasteiger partial charge >= 0.3 is 7.60 Å². The summed E-state index contributed by atoms with van der Waals surface area (Å²) in [6.07, 6.45) is 0. The minimum Gasteiger partial charge on any atom is -0.321 e. The van der Waals surface area contributed by atoms with Crippen molar-refractivity contribution in [1.82, 2.24) is 5.32 Å². The van der Waals surface area contributed by atoms with Crippen LogP contribution in [-0.4, -0.2) is 21.6 Å². The fraction of sp³-hybridized carbons (Fsp3) is 0. The van der Waals surface area contributed by atoms with Crippen molar-refractivity contribution < 1.29 is 23.9 Å². The summed E-state index contributed by atoms with van der Waals surface area (Å²) in [5, 5.41) is 1.56. The van der Waals surface area contributed by atoms with E-state index in [-0.39, 0.29) is 11.1 Å². The second-order valence-electron chi connectivity index (χ2n) is 3.03. The Labute approximate surface area is 84.1 Å². The van der Waals surface area contributed by atoms with Gasteiger partial charge in [0.1, 0.15) is 0 Å². The summed E-state index contributed by atoms with van der Waals surface area (Å²) in [5.41, 5.74) is -0.225. The zero-order chi connectivity index (χ0) is 11.2. The number of benzene rings is 1. The molecule has 0 aromatic heterocycles. The van der Waals surface area contributed by atoms with Crippen molar-refractivity contribution >= 4 is 24.7 Å². The summed E-state index contributed by atoms with van der Waals surface area (Å²) in [4.78, 5) is 40.4. The van der Waals surface area contributed by atoms with Gasteiger partial charge in [-0.25, -0.2) is 0 Å². The predicted molar refractivity (Wildman–Crippen MR) is 49.9 cm³/mol. The molecule has 0 spiro atoms. The minimum absolute atomic E-state index is 0.000764. The molecule has 1 aliphatic heterocycles. The lowest BCUT2D eigenvalue weighted by Gasteiger charge is -2.06. The lowest BCUT2D eigenvalue weighted by Crippen LogP contribution is -2.22. The van der Waals surface area contributed by atoms with Crippen LogP contribution in [0.25, 0.3) is 0 Å². The molecule has 3 N–H and O–H groups in total. The van der Waals surface area contributed by atoms with Crippen molar-refractivity contribution in [3.8, 4) is 0 Å². The summed E-state index contributed by atoms with van der Waals surface area (Å²) in [7, 11) is -4.54. The number of carbonyl (C=O) groups is 2. The summed E-state index contributed by atoms with van der Waals surface area (Å²) in [6.45, 7) is 0. The quantitative estimate of drug-likeness (QED) is 0.438. The smallest absolute Gasteiger partial charge is 0.321 e. The van der Waals surface area contributed by atoms with E-state index in [1.165, 1.54) is 12.1 Å². The van der Waals surface area contributed by atoms with Crippen LogP contribution in [0.5, 0.6) is 0 Å². The van der Waals surface area contributed by atoms with E-state index in [1.807, 2.05) is 5.32 Å². The molecular weight excluding hydrogens is 221 g/mol. The van der Waals surface area contributed by atoms with Gasteiger partial charge < -0.3 is 9.79 Å². The number of hydrogen-bond acceptors (Lipinski definition) is 3. The molecule has 7 heteroatoms. The molecule has 1 heterocycles. The Kier molecular flexibility index (Phi) is 2.01. The normalized spacial score (nSPS) is 15.1. The first-order valence-electron chi connectivity index (χ1n) is 3.96. The van der Waals surface area contributed by atoms with E-state index in [2.05, 4.69) is 0 Å². The van der Waals surface area contributed by atoms with Gasteiger partial charge in [-0.3, -0.25) is 19.5 Å². The molecule has 0 unspecified atom stereocenters. The van der Waals surface area contributed by atoms with Crippen LogP contribution in [0.2, 0.25) is 0 Å². The van der Waals surface area contributed by atoms with Crippen molar-refractivity contribution in [1.29, 1.82) is 0 Å². The van der Waals surface area contributed by atoms with Crippen LogP contribution in [0.1, 0.15) is 20.7 Å². The van der Waals surface area contributed by atoms with Gasteiger partial charge in [0.05, 0.1) is 16.4 Å². The van der Waals surface area contributed by atoms with E-state index in [4.69, 9.17) is 9.79 Å². The molecule has 0 fully saturated rings. The Bertz CT molecular complexity index is 518. The van der Waals surface area contributed by atoms with Gasteiger partial charge in [-0.15, -0.1) is 0 Å². The molecular formula is C8H6NO5P. The third-order valence-electron chi connectivity index (χ3n) is 2.06. The van der Waals surface area contributed by atoms with E-state index < -0.39 is 24.7 Å². The largest absolute Gasteiger partial charge is 0.357 e. The van der Waals surface area contributed by atoms with E-state index in [9.17, 15) is 14.2 Å². The second kappa shape index (κ2) is 3.00. The number of amides is 2. The SMILES string of the molecule is O=C1NC(=O)c2c1cccc2P(=O)(O)O. The maximum atomic E-state index is 11.3. The summed E-state index contributed by atoms with van der Waals surface area (Å²) in [6, 6.07) is 3.80. The molecule has 1 aliphatic rings.